The number of nitrogens with zero attached hydrogens (tertiary/aromatic N) is 1. The third-order valence-electron chi connectivity index (χ3n) is 3.97. The number of ketones is 1. The molecule has 1 aliphatic heterocycles. The van der Waals surface area contributed by atoms with Gasteiger partial charge in [0.05, 0.1) is 10.4 Å². The highest BCUT2D eigenvalue weighted by molar-refractivity contribution is 7.89. The molecular formula is C14H20N2O3S. The molecule has 1 aromatic carbocycles. The van der Waals surface area contributed by atoms with Crippen LogP contribution in [0.4, 0.5) is 0 Å². The monoisotopic (exact) mass is 296 g/mol. The molecule has 0 amide bonds. The molecule has 0 radical (unpaired) electrons. The van der Waals surface area contributed by atoms with E-state index >= 15 is 0 Å². The summed E-state index contributed by atoms with van der Waals surface area (Å²) < 4.78 is 26.4. The number of hydrogen-bond acceptors (Lipinski definition) is 4. The van der Waals surface area contributed by atoms with Gasteiger partial charge in [0.15, 0.2) is 0 Å². The molecule has 0 aromatic heterocycles. The van der Waals surface area contributed by atoms with E-state index in [1.54, 1.807) is 24.3 Å². The van der Waals surface area contributed by atoms with Crippen LogP contribution < -0.4 is 5.73 Å². The molecule has 0 aliphatic carbocycles. The zero-order chi connectivity index (χ0) is 15.0. The van der Waals surface area contributed by atoms with Crippen molar-refractivity contribution in [1.82, 2.24) is 4.31 Å². The summed E-state index contributed by atoms with van der Waals surface area (Å²) in [7, 11) is -3.49. The smallest absolute Gasteiger partial charge is 0.243 e. The van der Waals surface area contributed by atoms with Crippen molar-refractivity contribution in [2.75, 3.05) is 13.1 Å². The maximum atomic E-state index is 12.5. The lowest BCUT2D eigenvalue weighted by atomic mass is 9.86. The lowest BCUT2D eigenvalue weighted by Crippen LogP contribution is -2.55. The number of rotatable bonds is 3. The number of piperidine rings is 1. The van der Waals surface area contributed by atoms with Crippen molar-refractivity contribution in [2.45, 2.75) is 37.1 Å². The highest BCUT2D eigenvalue weighted by Crippen LogP contribution is 2.25. The Kier molecular flexibility index (Phi) is 4.00. The zero-order valence-electron chi connectivity index (χ0n) is 11.8. The maximum absolute atomic E-state index is 12.5. The summed E-state index contributed by atoms with van der Waals surface area (Å²) in [6, 6.07) is 6.78. The third-order valence-corrected chi connectivity index (χ3v) is 5.89. The largest absolute Gasteiger partial charge is 0.319 e. The van der Waals surface area contributed by atoms with E-state index in [2.05, 4.69) is 0 Å². The predicted octanol–water partition coefficient (Wildman–Crippen LogP) is 1.07. The second-order valence-electron chi connectivity index (χ2n) is 5.43. The van der Waals surface area contributed by atoms with E-state index in [4.69, 9.17) is 5.73 Å². The van der Waals surface area contributed by atoms with Gasteiger partial charge in [0.25, 0.3) is 0 Å². The fourth-order valence-electron chi connectivity index (χ4n) is 2.34. The Morgan fingerprint density at radius 3 is 2.15 bits per heavy atom. The summed E-state index contributed by atoms with van der Waals surface area (Å²) in [6.07, 6.45) is 0.737. The Labute approximate surface area is 119 Å². The highest BCUT2D eigenvalue weighted by Gasteiger charge is 2.38. The minimum Gasteiger partial charge on any atom is -0.319 e. The number of hydrogen-bond donors (Lipinski definition) is 1. The summed E-state index contributed by atoms with van der Waals surface area (Å²) in [5, 5.41) is 0. The predicted molar refractivity (Wildman–Crippen MR) is 76.8 cm³/mol. The van der Waals surface area contributed by atoms with Crippen molar-refractivity contribution in [1.29, 1.82) is 0 Å². The van der Waals surface area contributed by atoms with Gasteiger partial charge in [-0.05, 0) is 38.8 Å². The number of aryl methyl sites for hydroxylation is 1. The van der Waals surface area contributed by atoms with Gasteiger partial charge in [0.2, 0.25) is 10.0 Å². The minimum atomic E-state index is -3.49. The Morgan fingerprint density at radius 1 is 1.20 bits per heavy atom. The molecule has 1 aromatic rings. The second-order valence-corrected chi connectivity index (χ2v) is 7.37. The Balaban J connectivity index is 2.17. The first-order valence-electron chi connectivity index (χ1n) is 6.62. The van der Waals surface area contributed by atoms with Crippen LogP contribution in [0.3, 0.4) is 0 Å². The molecular weight excluding hydrogens is 276 g/mol. The molecule has 1 saturated heterocycles. The first-order chi connectivity index (χ1) is 9.25. The van der Waals surface area contributed by atoms with Crippen molar-refractivity contribution in [3.63, 3.8) is 0 Å². The molecule has 1 aliphatic rings. The molecule has 20 heavy (non-hydrogen) atoms. The van der Waals surface area contributed by atoms with Crippen molar-refractivity contribution in [2.24, 2.45) is 5.73 Å². The van der Waals surface area contributed by atoms with Gasteiger partial charge >= 0.3 is 0 Å². The molecule has 6 heteroatoms. The quantitative estimate of drug-likeness (QED) is 0.904. The van der Waals surface area contributed by atoms with Crippen LogP contribution in [0.1, 0.15) is 25.3 Å². The van der Waals surface area contributed by atoms with Crippen LogP contribution in [-0.2, 0) is 14.8 Å². The topological polar surface area (TPSA) is 80.5 Å². The zero-order valence-corrected chi connectivity index (χ0v) is 12.6. The highest BCUT2D eigenvalue weighted by atomic mass is 32.2. The SMILES string of the molecule is CC(=O)C1(N)CCN(S(=O)(=O)c2ccc(C)cc2)CC1. The molecule has 5 nitrogen and oxygen atoms in total. The minimum absolute atomic E-state index is 0.0788. The van der Waals surface area contributed by atoms with E-state index in [0.717, 1.165) is 5.56 Å². The van der Waals surface area contributed by atoms with E-state index in [1.165, 1.54) is 11.2 Å². The van der Waals surface area contributed by atoms with E-state index in [0.29, 0.717) is 12.8 Å². The number of carbonyl (C=O) groups is 1. The van der Waals surface area contributed by atoms with Crippen molar-refractivity contribution < 1.29 is 13.2 Å². The standard InChI is InChI=1S/C14H20N2O3S/c1-11-3-5-13(6-4-11)20(18,19)16-9-7-14(15,8-10-16)12(2)17/h3-6H,7-10,15H2,1-2H3. The summed E-state index contributed by atoms with van der Waals surface area (Å²) in [5.74, 6) is -0.0788. The summed E-state index contributed by atoms with van der Waals surface area (Å²) in [6.45, 7) is 3.94. The number of Topliss-reactive ketones (excluding diaryl/α,β-unsaturated/α-hetero) is 1. The summed E-state index contributed by atoms with van der Waals surface area (Å²) in [4.78, 5) is 11.8. The average molecular weight is 296 g/mol. The fourth-order valence-corrected chi connectivity index (χ4v) is 3.78. The van der Waals surface area contributed by atoms with Crippen molar-refractivity contribution in [3.8, 4) is 0 Å². The van der Waals surface area contributed by atoms with Gasteiger partial charge in [0.1, 0.15) is 5.78 Å². The van der Waals surface area contributed by atoms with E-state index in [1.807, 2.05) is 6.92 Å². The Hall–Kier alpha value is -1.24. The van der Waals surface area contributed by atoms with Gasteiger partial charge in [-0.1, -0.05) is 17.7 Å². The molecule has 0 atom stereocenters. The van der Waals surface area contributed by atoms with Crippen LogP contribution in [0.15, 0.2) is 29.2 Å². The van der Waals surface area contributed by atoms with E-state index in [-0.39, 0.29) is 23.8 Å². The van der Waals surface area contributed by atoms with E-state index < -0.39 is 15.6 Å². The third kappa shape index (κ3) is 2.77. The molecule has 0 saturated carbocycles. The second kappa shape index (κ2) is 5.27. The fraction of sp³-hybridized carbons (Fsp3) is 0.500. The number of nitrogens with two attached hydrogens (primary N) is 1. The van der Waals surface area contributed by atoms with Gasteiger partial charge in [0, 0.05) is 13.1 Å². The van der Waals surface area contributed by atoms with Gasteiger partial charge in [-0.2, -0.15) is 4.31 Å². The molecule has 2 rings (SSSR count). The number of benzene rings is 1. The van der Waals surface area contributed by atoms with Gasteiger partial charge < -0.3 is 5.73 Å². The van der Waals surface area contributed by atoms with Crippen LogP contribution in [0.5, 0.6) is 0 Å². The lowest BCUT2D eigenvalue weighted by Gasteiger charge is -2.36. The first-order valence-corrected chi connectivity index (χ1v) is 8.06. The molecule has 0 spiro atoms. The normalized spacial score (nSPS) is 19.8. The summed E-state index contributed by atoms with van der Waals surface area (Å²) >= 11 is 0. The molecule has 0 bridgehead atoms. The van der Waals surface area contributed by atoms with Crippen LogP contribution in [-0.4, -0.2) is 37.1 Å². The van der Waals surface area contributed by atoms with E-state index in [9.17, 15) is 13.2 Å². The molecule has 2 N–H and O–H groups in total. The average Bonchev–Trinajstić information content (AvgIpc) is 2.39. The summed E-state index contributed by atoms with van der Waals surface area (Å²) in [5.41, 5.74) is 6.13. The molecule has 110 valence electrons. The first kappa shape index (κ1) is 15.2. The van der Waals surface area contributed by atoms with Crippen LogP contribution >= 0.6 is 0 Å². The number of carbonyl (C=O) groups excluding carboxylic acids is 1. The number of sulfonamides is 1. The van der Waals surface area contributed by atoms with Crippen LogP contribution in [0.25, 0.3) is 0 Å². The van der Waals surface area contributed by atoms with Crippen molar-refractivity contribution in [3.05, 3.63) is 29.8 Å². The van der Waals surface area contributed by atoms with Gasteiger partial charge in [-0.3, -0.25) is 4.79 Å². The molecule has 1 fully saturated rings. The lowest BCUT2D eigenvalue weighted by molar-refractivity contribution is -0.123. The van der Waals surface area contributed by atoms with Gasteiger partial charge in [-0.25, -0.2) is 8.42 Å². The Bertz CT molecular complexity index is 600. The van der Waals surface area contributed by atoms with Crippen molar-refractivity contribution >= 4 is 15.8 Å². The van der Waals surface area contributed by atoms with Crippen LogP contribution in [0.2, 0.25) is 0 Å². The maximum Gasteiger partial charge on any atom is 0.243 e. The van der Waals surface area contributed by atoms with Crippen LogP contribution in [0, 0.1) is 6.92 Å². The Morgan fingerprint density at radius 2 is 1.70 bits per heavy atom. The van der Waals surface area contributed by atoms with Gasteiger partial charge in [-0.15, -0.1) is 0 Å². The molecule has 0 unspecified atom stereocenters. The molecule has 1 heterocycles.